The Hall–Kier alpha value is -1.67. The van der Waals surface area contributed by atoms with Gasteiger partial charge in [0.05, 0.1) is 20.3 Å². The van der Waals surface area contributed by atoms with Crippen molar-refractivity contribution in [3.8, 4) is 11.5 Å². The topological polar surface area (TPSA) is 63.2 Å². The molecule has 1 heterocycles. The second kappa shape index (κ2) is 7.48. The number of nitrogens with zero attached hydrogens (tertiary/aromatic N) is 2. The summed E-state index contributed by atoms with van der Waals surface area (Å²) in [5.41, 5.74) is 1.45. The molecule has 1 aromatic carbocycles. The number of aliphatic imine (C=N–C) groups is 1. The molecule has 0 fully saturated rings. The fourth-order valence-electron chi connectivity index (χ4n) is 2.77. The van der Waals surface area contributed by atoms with Gasteiger partial charge in [0.25, 0.3) is 0 Å². The fraction of sp³-hybridized carbons (Fsp3) is 0.438. The number of methoxy groups -OCH3 is 2. The van der Waals surface area contributed by atoms with E-state index in [1.807, 2.05) is 19.1 Å². The molecule has 0 saturated carbocycles. The molecule has 1 aliphatic rings. The molecule has 6 nitrogen and oxygen atoms in total. The molecule has 1 amide bonds. The number of hydrogen-bond acceptors (Lipinski definition) is 4. The molecule has 2 atom stereocenters. The lowest BCUT2D eigenvalue weighted by molar-refractivity contribution is -0.131. The van der Waals surface area contributed by atoms with Crippen molar-refractivity contribution in [3.05, 3.63) is 22.2 Å². The molecule has 2 rings (SSSR count). The molecule has 24 heavy (non-hydrogen) atoms. The van der Waals surface area contributed by atoms with Gasteiger partial charge in [0.2, 0.25) is 5.91 Å². The van der Waals surface area contributed by atoms with Crippen LogP contribution >= 0.6 is 28.1 Å². The zero-order valence-corrected chi connectivity index (χ0v) is 16.6. The van der Waals surface area contributed by atoms with E-state index in [4.69, 9.17) is 21.7 Å². The summed E-state index contributed by atoms with van der Waals surface area (Å²) in [5, 5.41) is 3.49. The molecule has 8 heteroatoms. The van der Waals surface area contributed by atoms with Crippen LogP contribution in [0.4, 0.5) is 0 Å². The predicted molar refractivity (Wildman–Crippen MR) is 101 cm³/mol. The van der Waals surface area contributed by atoms with Gasteiger partial charge in [0.15, 0.2) is 16.6 Å². The second-order valence-corrected chi connectivity index (χ2v) is 6.92. The van der Waals surface area contributed by atoms with Gasteiger partial charge in [-0.2, -0.15) is 0 Å². The number of hydrogen-bond donors (Lipinski definition) is 1. The van der Waals surface area contributed by atoms with E-state index >= 15 is 0 Å². The lowest BCUT2D eigenvalue weighted by Gasteiger charge is -2.34. The van der Waals surface area contributed by atoms with Crippen molar-refractivity contribution >= 4 is 44.9 Å². The Balaban J connectivity index is 2.63. The molecular weight excluding hydrogens is 394 g/mol. The monoisotopic (exact) mass is 413 g/mol. The Bertz CT molecular complexity index is 706. The van der Waals surface area contributed by atoms with Gasteiger partial charge in [0, 0.05) is 29.8 Å². The first-order valence-corrected chi connectivity index (χ1v) is 8.48. The van der Waals surface area contributed by atoms with Gasteiger partial charge in [-0.3, -0.25) is 4.79 Å². The van der Waals surface area contributed by atoms with E-state index in [0.29, 0.717) is 22.3 Å². The maximum Gasteiger partial charge on any atom is 0.233 e. The lowest BCUT2D eigenvalue weighted by atomic mass is 9.86. The summed E-state index contributed by atoms with van der Waals surface area (Å²) < 4.78 is 11.8. The van der Waals surface area contributed by atoms with Gasteiger partial charge < -0.3 is 19.7 Å². The standard InChI is InChI=1S/C16H20BrN3O3S/c1-8-12(15(21)20(2)3)13(19-16(24)18-8)10-6-9(17)7-11(22-4)14(10)23-5/h6-7,12-13H,1-5H3,(H,19,24). The molecule has 1 aliphatic heterocycles. The van der Waals surface area contributed by atoms with Crippen LogP contribution in [0.1, 0.15) is 18.5 Å². The summed E-state index contributed by atoms with van der Waals surface area (Å²) in [5.74, 6) is 0.593. The second-order valence-electron chi connectivity index (χ2n) is 5.62. The molecule has 0 aliphatic carbocycles. The van der Waals surface area contributed by atoms with Crippen molar-refractivity contribution in [1.29, 1.82) is 0 Å². The number of thiocarbonyl (C=S) groups is 1. The first-order chi connectivity index (χ1) is 11.3. The van der Waals surface area contributed by atoms with Crippen molar-refractivity contribution in [2.75, 3.05) is 28.3 Å². The van der Waals surface area contributed by atoms with Crippen LogP contribution < -0.4 is 14.8 Å². The Labute approximate surface area is 155 Å². The molecule has 0 aromatic heterocycles. The Morgan fingerprint density at radius 3 is 2.54 bits per heavy atom. The Kier molecular flexibility index (Phi) is 5.82. The largest absolute Gasteiger partial charge is 0.493 e. The molecule has 0 spiro atoms. The van der Waals surface area contributed by atoms with E-state index < -0.39 is 12.0 Å². The minimum Gasteiger partial charge on any atom is -0.493 e. The van der Waals surface area contributed by atoms with E-state index in [9.17, 15) is 4.79 Å². The van der Waals surface area contributed by atoms with Gasteiger partial charge in [-0.1, -0.05) is 15.9 Å². The fourth-order valence-corrected chi connectivity index (χ4v) is 3.49. The summed E-state index contributed by atoms with van der Waals surface area (Å²) in [4.78, 5) is 18.5. The number of amides is 1. The van der Waals surface area contributed by atoms with Crippen molar-refractivity contribution in [2.45, 2.75) is 13.0 Å². The number of rotatable bonds is 4. The predicted octanol–water partition coefficient (Wildman–Crippen LogP) is 2.56. The van der Waals surface area contributed by atoms with Crippen LogP contribution in [0.15, 0.2) is 21.6 Å². The highest BCUT2D eigenvalue weighted by molar-refractivity contribution is 9.10. The van der Waals surface area contributed by atoms with Crippen LogP contribution in [0.2, 0.25) is 0 Å². The Morgan fingerprint density at radius 1 is 1.33 bits per heavy atom. The zero-order chi connectivity index (χ0) is 18.0. The average molecular weight is 414 g/mol. The highest BCUT2D eigenvalue weighted by atomic mass is 79.9. The van der Waals surface area contributed by atoms with Crippen LogP contribution in [-0.2, 0) is 4.79 Å². The smallest absolute Gasteiger partial charge is 0.233 e. The molecule has 0 saturated heterocycles. The molecule has 2 unspecified atom stereocenters. The number of benzene rings is 1. The number of carbonyl (C=O) groups is 1. The number of halogens is 1. The summed E-state index contributed by atoms with van der Waals surface area (Å²) in [7, 11) is 6.58. The van der Waals surface area contributed by atoms with Gasteiger partial charge in [0.1, 0.15) is 5.92 Å². The van der Waals surface area contributed by atoms with Gasteiger partial charge in [-0.25, -0.2) is 4.99 Å². The van der Waals surface area contributed by atoms with E-state index in [2.05, 4.69) is 26.2 Å². The molecule has 1 aromatic rings. The van der Waals surface area contributed by atoms with Crippen molar-refractivity contribution in [2.24, 2.45) is 10.9 Å². The first kappa shape index (κ1) is 18.7. The third kappa shape index (κ3) is 3.54. The minimum atomic E-state index is -0.486. The van der Waals surface area contributed by atoms with Crippen LogP contribution in [0.5, 0.6) is 11.5 Å². The van der Waals surface area contributed by atoms with E-state index in [0.717, 1.165) is 10.0 Å². The molecule has 0 radical (unpaired) electrons. The Morgan fingerprint density at radius 2 is 2.00 bits per heavy atom. The van der Waals surface area contributed by atoms with E-state index in [-0.39, 0.29) is 5.91 Å². The quantitative estimate of drug-likeness (QED) is 0.768. The lowest BCUT2D eigenvalue weighted by Crippen LogP contribution is -2.47. The van der Waals surface area contributed by atoms with E-state index in [1.54, 1.807) is 33.2 Å². The molecule has 130 valence electrons. The average Bonchev–Trinajstić information content (AvgIpc) is 2.52. The molecular formula is C16H20BrN3O3S. The van der Waals surface area contributed by atoms with Crippen molar-refractivity contribution in [3.63, 3.8) is 0 Å². The maximum absolute atomic E-state index is 12.7. The van der Waals surface area contributed by atoms with Gasteiger partial charge in [-0.05, 0) is 31.3 Å². The third-order valence-corrected chi connectivity index (χ3v) is 4.52. The highest BCUT2D eigenvalue weighted by Gasteiger charge is 2.38. The van der Waals surface area contributed by atoms with Gasteiger partial charge in [-0.15, -0.1) is 0 Å². The van der Waals surface area contributed by atoms with E-state index in [1.165, 1.54) is 0 Å². The maximum atomic E-state index is 12.7. The zero-order valence-electron chi connectivity index (χ0n) is 14.2. The normalized spacial score (nSPS) is 20.1. The highest BCUT2D eigenvalue weighted by Crippen LogP contribution is 2.41. The number of nitrogens with one attached hydrogen (secondary N) is 1. The number of ether oxygens (including phenoxy) is 2. The number of carbonyl (C=O) groups excluding carboxylic acids is 1. The summed E-state index contributed by atoms with van der Waals surface area (Å²) in [6.07, 6.45) is 0. The van der Waals surface area contributed by atoms with Crippen molar-refractivity contribution < 1.29 is 14.3 Å². The third-order valence-electron chi connectivity index (χ3n) is 3.85. The molecule has 0 bridgehead atoms. The van der Waals surface area contributed by atoms with Crippen LogP contribution in [0.3, 0.4) is 0 Å². The summed E-state index contributed by atoms with van der Waals surface area (Å²) in [6.45, 7) is 1.81. The van der Waals surface area contributed by atoms with Crippen LogP contribution in [0.25, 0.3) is 0 Å². The first-order valence-electron chi connectivity index (χ1n) is 7.28. The summed E-state index contributed by atoms with van der Waals surface area (Å²) >= 11 is 8.71. The van der Waals surface area contributed by atoms with Crippen LogP contribution in [0, 0.1) is 5.92 Å². The minimum absolute atomic E-state index is 0.0581. The van der Waals surface area contributed by atoms with Crippen molar-refractivity contribution in [1.82, 2.24) is 10.2 Å². The SMILES string of the molecule is COc1cc(Br)cc(C2NC(=S)N=C(C)C2C(=O)N(C)C)c1OC. The van der Waals surface area contributed by atoms with Gasteiger partial charge >= 0.3 is 0 Å². The van der Waals surface area contributed by atoms with Crippen LogP contribution in [-0.4, -0.2) is 49.9 Å². The summed E-state index contributed by atoms with van der Waals surface area (Å²) in [6, 6.07) is 3.31. The molecule has 1 N–H and O–H groups in total.